The van der Waals surface area contributed by atoms with E-state index < -0.39 is 0 Å². The van der Waals surface area contributed by atoms with Gasteiger partial charge in [0.1, 0.15) is 5.75 Å². The van der Waals surface area contributed by atoms with Crippen LogP contribution >= 0.6 is 0 Å². The molecule has 2 N–H and O–H groups in total. The lowest BCUT2D eigenvalue weighted by atomic mass is 10.1. The van der Waals surface area contributed by atoms with Crippen molar-refractivity contribution in [3.05, 3.63) is 24.0 Å². The molecule has 1 atom stereocenters. The van der Waals surface area contributed by atoms with Gasteiger partial charge in [0.05, 0.1) is 12.8 Å². The van der Waals surface area contributed by atoms with Crippen LogP contribution in [0.1, 0.15) is 26.3 Å². The molecular weight excluding hydrogens is 188 g/mol. The average Bonchev–Trinajstić information content (AvgIpc) is 2.14. The second-order valence-corrected chi connectivity index (χ2v) is 4.42. The van der Waals surface area contributed by atoms with E-state index in [9.17, 15) is 0 Å². The molecule has 0 spiro atoms. The number of ether oxygens (including phenoxy) is 1. The van der Waals surface area contributed by atoms with Gasteiger partial charge in [-0.1, -0.05) is 13.8 Å². The molecule has 1 rings (SSSR count). The molecule has 15 heavy (non-hydrogen) atoms. The highest BCUT2D eigenvalue weighted by Gasteiger charge is 2.02. The van der Waals surface area contributed by atoms with Gasteiger partial charge in [-0.3, -0.25) is 4.98 Å². The Kier molecular flexibility index (Phi) is 4.56. The monoisotopic (exact) mass is 208 g/mol. The molecule has 0 aromatic carbocycles. The number of aromatic nitrogens is 1. The molecule has 0 aliphatic rings. The van der Waals surface area contributed by atoms with Crippen molar-refractivity contribution in [1.29, 1.82) is 0 Å². The van der Waals surface area contributed by atoms with E-state index in [1.807, 2.05) is 19.2 Å². The third-order valence-corrected chi connectivity index (χ3v) is 1.91. The van der Waals surface area contributed by atoms with Crippen molar-refractivity contribution in [2.45, 2.75) is 33.2 Å². The first kappa shape index (κ1) is 12.0. The Labute approximate surface area is 91.7 Å². The maximum atomic E-state index is 5.73. The van der Waals surface area contributed by atoms with Gasteiger partial charge in [-0.25, -0.2) is 0 Å². The number of nitrogens with zero attached hydrogens (tertiary/aromatic N) is 1. The zero-order valence-electron chi connectivity index (χ0n) is 9.73. The molecule has 0 radical (unpaired) electrons. The summed E-state index contributed by atoms with van der Waals surface area (Å²) in [6.07, 6.45) is 4.42. The zero-order chi connectivity index (χ0) is 11.3. The summed E-state index contributed by atoms with van der Waals surface area (Å²) in [7, 11) is 0. The number of hydrogen-bond acceptors (Lipinski definition) is 3. The van der Waals surface area contributed by atoms with Gasteiger partial charge in [0.25, 0.3) is 0 Å². The van der Waals surface area contributed by atoms with E-state index in [1.165, 1.54) is 0 Å². The van der Waals surface area contributed by atoms with Crippen molar-refractivity contribution >= 4 is 0 Å². The molecule has 1 aromatic rings. The first-order valence-corrected chi connectivity index (χ1v) is 5.40. The number of pyridine rings is 1. The minimum absolute atomic E-state index is 0.159. The van der Waals surface area contributed by atoms with Crippen LogP contribution < -0.4 is 10.5 Å². The molecule has 0 amide bonds. The fourth-order valence-electron chi connectivity index (χ4n) is 1.29. The molecule has 84 valence electrons. The minimum atomic E-state index is 0.159. The van der Waals surface area contributed by atoms with Gasteiger partial charge in [0.2, 0.25) is 0 Å². The van der Waals surface area contributed by atoms with Gasteiger partial charge in [-0.2, -0.15) is 0 Å². The third kappa shape index (κ3) is 4.79. The van der Waals surface area contributed by atoms with Crippen molar-refractivity contribution in [3.8, 4) is 5.75 Å². The van der Waals surface area contributed by atoms with Crippen molar-refractivity contribution in [2.75, 3.05) is 6.61 Å². The second kappa shape index (κ2) is 5.71. The second-order valence-electron chi connectivity index (χ2n) is 4.42. The normalized spacial score (nSPS) is 12.9. The predicted octanol–water partition coefficient (Wildman–Crippen LogP) is 2.01. The van der Waals surface area contributed by atoms with Crippen LogP contribution in [0, 0.1) is 5.92 Å². The summed E-state index contributed by atoms with van der Waals surface area (Å²) in [5.41, 5.74) is 6.86. The fraction of sp³-hybridized carbons (Fsp3) is 0.583. The summed E-state index contributed by atoms with van der Waals surface area (Å²) < 4.78 is 5.59. The summed E-state index contributed by atoms with van der Waals surface area (Å²) in [5.74, 6) is 1.36. The van der Waals surface area contributed by atoms with Crippen LogP contribution in [0.2, 0.25) is 0 Å². The van der Waals surface area contributed by atoms with E-state index in [1.54, 1.807) is 6.20 Å². The first-order chi connectivity index (χ1) is 7.08. The molecule has 3 nitrogen and oxygen atoms in total. The molecule has 1 aromatic heterocycles. The van der Waals surface area contributed by atoms with Crippen LogP contribution in [0.5, 0.6) is 5.75 Å². The smallest absolute Gasteiger partial charge is 0.137 e. The topological polar surface area (TPSA) is 48.1 Å². The number of nitrogens with two attached hydrogens (primary N) is 1. The highest BCUT2D eigenvalue weighted by molar-refractivity contribution is 5.24. The molecule has 1 unspecified atom stereocenters. The molecule has 3 heteroatoms. The van der Waals surface area contributed by atoms with Crippen LogP contribution in [0.3, 0.4) is 0 Å². The highest BCUT2D eigenvalue weighted by atomic mass is 16.5. The summed E-state index contributed by atoms with van der Waals surface area (Å²) in [4.78, 5) is 4.14. The average molecular weight is 208 g/mol. The van der Waals surface area contributed by atoms with E-state index in [0.717, 1.165) is 24.3 Å². The van der Waals surface area contributed by atoms with Crippen LogP contribution in [-0.4, -0.2) is 17.6 Å². The fourth-order valence-corrected chi connectivity index (χ4v) is 1.29. The lowest BCUT2D eigenvalue weighted by Gasteiger charge is -2.10. The molecule has 0 fully saturated rings. The van der Waals surface area contributed by atoms with Crippen molar-refractivity contribution in [1.82, 2.24) is 4.98 Å². The predicted molar refractivity (Wildman–Crippen MR) is 61.9 cm³/mol. The summed E-state index contributed by atoms with van der Waals surface area (Å²) in [5, 5.41) is 0. The Morgan fingerprint density at radius 3 is 2.67 bits per heavy atom. The van der Waals surface area contributed by atoms with Crippen molar-refractivity contribution in [2.24, 2.45) is 11.7 Å². The molecule has 0 saturated carbocycles. The Morgan fingerprint density at radius 2 is 2.07 bits per heavy atom. The molecule has 0 saturated heterocycles. The standard InChI is InChI=1S/C12H20N2O/c1-9(2)8-15-12-5-11(4-10(3)13)6-14-7-12/h5-7,9-10H,4,8,13H2,1-3H3. The molecule has 1 heterocycles. The summed E-state index contributed by atoms with van der Waals surface area (Å²) in [6, 6.07) is 2.17. The quantitative estimate of drug-likeness (QED) is 0.805. The van der Waals surface area contributed by atoms with Gasteiger partial charge in [0, 0.05) is 12.2 Å². The van der Waals surface area contributed by atoms with Crippen molar-refractivity contribution in [3.63, 3.8) is 0 Å². The van der Waals surface area contributed by atoms with Gasteiger partial charge >= 0.3 is 0 Å². The zero-order valence-corrected chi connectivity index (χ0v) is 9.73. The Hall–Kier alpha value is -1.09. The van der Waals surface area contributed by atoms with Gasteiger partial charge < -0.3 is 10.5 Å². The summed E-state index contributed by atoms with van der Waals surface area (Å²) >= 11 is 0. The van der Waals surface area contributed by atoms with Gasteiger partial charge in [-0.05, 0) is 30.9 Å². The van der Waals surface area contributed by atoms with E-state index in [0.29, 0.717) is 5.92 Å². The van der Waals surface area contributed by atoms with Gasteiger partial charge in [-0.15, -0.1) is 0 Å². The number of hydrogen-bond donors (Lipinski definition) is 1. The van der Waals surface area contributed by atoms with E-state index >= 15 is 0 Å². The lowest BCUT2D eigenvalue weighted by molar-refractivity contribution is 0.270. The van der Waals surface area contributed by atoms with Crippen LogP contribution in [0.4, 0.5) is 0 Å². The third-order valence-electron chi connectivity index (χ3n) is 1.91. The molecule has 0 aliphatic carbocycles. The Balaban J connectivity index is 2.57. The lowest BCUT2D eigenvalue weighted by Crippen LogP contribution is -2.17. The van der Waals surface area contributed by atoms with Crippen LogP contribution in [0.15, 0.2) is 18.5 Å². The van der Waals surface area contributed by atoms with E-state index in [-0.39, 0.29) is 6.04 Å². The Bertz CT molecular complexity index is 297. The maximum absolute atomic E-state index is 5.73. The van der Waals surface area contributed by atoms with Crippen molar-refractivity contribution < 1.29 is 4.74 Å². The first-order valence-electron chi connectivity index (χ1n) is 5.40. The maximum Gasteiger partial charge on any atom is 0.137 e. The Morgan fingerprint density at radius 1 is 1.33 bits per heavy atom. The van der Waals surface area contributed by atoms with Gasteiger partial charge in [0.15, 0.2) is 0 Å². The SMILES string of the molecule is CC(C)COc1cncc(CC(C)N)c1. The molecular formula is C12H20N2O. The minimum Gasteiger partial charge on any atom is -0.492 e. The largest absolute Gasteiger partial charge is 0.492 e. The van der Waals surface area contributed by atoms with Crippen LogP contribution in [0.25, 0.3) is 0 Å². The van der Waals surface area contributed by atoms with Crippen LogP contribution in [-0.2, 0) is 6.42 Å². The molecule has 0 aliphatic heterocycles. The summed E-state index contributed by atoms with van der Waals surface area (Å²) in [6.45, 7) is 6.96. The molecule has 0 bridgehead atoms. The highest BCUT2D eigenvalue weighted by Crippen LogP contribution is 2.13. The number of rotatable bonds is 5. The van der Waals surface area contributed by atoms with E-state index in [2.05, 4.69) is 18.8 Å². The van der Waals surface area contributed by atoms with E-state index in [4.69, 9.17) is 10.5 Å².